The zero-order valence-corrected chi connectivity index (χ0v) is 17.4. The van der Waals surface area contributed by atoms with Crippen molar-refractivity contribution >= 4 is 42.6 Å². The SMILES string of the molecule is CCCCc1ccc2nc(NC(=O)CN(C)S(=O)(=O)c3cccnc3)sc2c1. The summed E-state index contributed by atoms with van der Waals surface area (Å²) in [5.74, 6) is -0.444. The fraction of sp³-hybridized carbons (Fsp3) is 0.316. The number of fused-ring (bicyclic) bond motifs is 1. The lowest BCUT2D eigenvalue weighted by molar-refractivity contribution is -0.116. The number of likely N-dealkylation sites (N-methyl/N-ethyl adjacent to an activating group) is 1. The molecule has 0 unspecified atom stereocenters. The fourth-order valence-corrected chi connectivity index (χ4v) is 4.72. The van der Waals surface area contributed by atoms with Gasteiger partial charge < -0.3 is 5.32 Å². The van der Waals surface area contributed by atoms with E-state index in [1.807, 2.05) is 6.07 Å². The molecular weight excluding hydrogens is 396 g/mol. The van der Waals surface area contributed by atoms with Crippen molar-refractivity contribution in [2.45, 2.75) is 31.1 Å². The Labute approximate surface area is 168 Å². The van der Waals surface area contributed by atoms with Crippen LogP contribution in [0.4, 0.5) is 5.13 Å². The highest BCUT2D eigenvalue weighted by molar-refractivity contribution is 7.89. The van der Waals surface area contributed by atoms with E-state index < -0.39 is 15.9 Å². The Morgan fingerprint density at radius 2 is 2.11 bits per heavy atom. The van der Waals surface area contributed by atoms with Crippen LogP contribution in [0.5, 0.6) is 0 Å². The first-order valence-electron chi connectivity index (χ1n) is 8.96. The number of nitrogens with zero attached hydrogens (tertiary/aromatic N) is 3. The Hall–Kier alpha value is -2.36. The average molecular weight is 419 g/mol. The van der Waals surface area contributed by atoms with Gasteiger partial charge in [-0.3, -0.25) is 9.78 Å². The molecule has 1 aromatic carbocycles. The van der Waals surface area contributed by atoms with Crippen molar-refractivity contribution in [1.29, 1.82) is 0 Å². The van der Waals surface area contributed by atoms with Gasteiger partial charge in [0.1, 0.15) is 4.90 Å². The standard InChI is InChI=1S/C19H22N4O3S2/c1-3-4-6-14-8-9-16-17(11-14)27-19(21-16)22-18(24)13-23(2)28(25,26)15-7-5-10-20-12-15/h5,7-12H,3-4,6,13H2,1-2H3,(H,21,22,24). The Balaban J connectivity index is 1.67. The number of carbonyl (C=O) groups excluding carboxylic acids is 1. The summed E-state index contributed by atoms with van der Waals surface area (Å²) >= 11 is 1.38. The second-order valence-electron chi connectivity index (χ2n) is 6.42. The topological polar surface area (TPSA) is 92.3 Å². The lowest BCUT2D eigenvalue weighted by Gasteiger charge is -2.16. The predicted octanol–water partition coefficient (Wildman–Crippen LogP) is 3.29. The normalized spacial score (nSPS) is 11.8. The number of rotatable bonds is 8. The number of thiazole rings is 1. The molecule has 148 valence electrons. The Kier molecular flexibility index (Phi) is 6.38. The molecule has 2 aromatic heterocycles. The maximum absolute atomic E-state index is 12.5. The van der Waals surface area contributed by atoms with E-state index in [4.69, 9.17) is 0 Å². The molecule has 0 spiro atoms. The molecule has 0 aliphatic carbocycles. The molecule has 0 saturated carbocycles. The molecule has 3 aromatic rings. The smallest absolute Gasteiger partial charge is 0.244 e. The molecule has 0 fully saturated rings. The number of nitrogens with one attached hydrogen (secondary N) is 1. The highest BCUT2D eigenvalue weighted by Crippen LogP contribution is 2.27. The zero-order chi connectivity index (χ0) is 20.1. The number of hydrogen-bond acceptors (Lipinski definition) is 6. The molecule has 0 saturated heterocycles. The van der Waals surface area contributed by atoms with Crippen molar-refractivity contribution in [2.75, 3.05) is 18.9 Å². The first-order chi connectivity index (χ1) is 13.4. The maximum atomic E-state index is 12.5. The lowest BCUT2D eigenvalue weighted by Crippen LogP contribution is -2.35. The number of unbranched alkanes of at least 4 members (excludes halogenated alkanes) is 1. The van der Waals surface area contributed by atoms with Crippen LogP contribution in [0.3, 0.4) is 0 Å². The van der Waals surface area contributed by atoms with Crippen LogP contribution in [0.2, 0.25) is 0 Å². The minimum absolute atomic E-state index is 0.0462. The summed E-state index contributed by atoms with van der Waals surface area (Å²) < 4.78 is 27.0. The number of benzene rings is 1. The van der Waals surface area contributed by atoms with Crippen molar-refractivity contribution in [1.82, 2.24) is 14.3 Å². The minimum Gasteiger partial charge on any atom is -0.301 e. The van der Waals surface area contributed by atoms with Crippen molar-refractivity contribution < 1.29 is 13.2 Å². The number of sulfonamides is 1. The number of hydrogen-bond donors (Lipinski definition) is 1. The summed E-state index contributed by atoms with van der Waals surface area (Å²) in [5, 5.41) is 3.15. The van der Waals surface area contributed by atoms with Gasteiger partial charge in [0.25, 0.3) is 0 Å². The quantitative estimate of drug-likeness (QED) is 0.606. The zero-order valence-electron chi connectivity index (χ0n) is 15.8. The summed E-state index contributed by atoms with van der Waals surface area (Å²) in [5.41, 5.74) is 2.06. The Bertz CT molecular complexity index is 1070. The van der Waals surface area contributed by atoms with Crippen molar-refractivity contribution in [3.63, 3.8) is 0 Å². The lowest BCUT2D eigenvalue weighted by atomic mass is 10.1. The maximum Gasteiger partial charge on any atom is 0.244 e. The molecule has 7 nitrogen and oxygen atoms in total. The molecule has 0 aliphatic rings. The third-order valence-electron chi connectivity index (χ3n) is 4.23. The molecule has 1 N–H and O–H groups in total. The summed E-state index contributed by atoms with van der Waals surface area (Å²) in [6.45, 7) is 1.85. The van der Waals surface area contributed by atoms with Gasteiger partial charge in [-0.25, -0.2) is 13.4 Å². The van der Waals surface area contributed by atoms with Crippen LogP contribution in [-0.4, -0.2) is 42.2 Å². The third kappa shape index (κ3) is 4.73. The van der Waals surface area contributed by atoms with E-state index in [9.17, 15) is 13.2 Å². The molecule has 0 radical (unpaired) electrons. The van der Waals surface area contributed by atoms with Crippen LogP contribution in [0.1, 0.15) is 25.3 Å². The van der Waals surface area contributed by atoms with Gasteiger partial charge in [-0.2, -0.15) is 4.31 Å². The first kappa shape index (κ1) is 20.4. The minimum atomic E-state index is -3.77. The summed E-state index contributed by atoms with van der Waals surface area (Å²) in [6.07, 6.45) is 6.03. The van der Waals surface area contributed by atoms with E-state index in [2.05, 4.69) is 34.3 Å². The molecule has 1 amide bonds. The van der Waals surface area contributed by atoms with Crippen molar-refractivity contribution in [3.05, 3.63) is 48.3 Å². The van der Waals surface area contributed by atoms with Gasteiger partial charge in [0.05, 0.1) is 16.8 Å². The summed E-state index contributed by atoms with van der Waals surface area (Å²) in [6, 6.07) is 9.08. The second-order valence-corrected chi connectivity index (χ2v) is 9.50. The number of pyridine rings is 1. The first-order valence-corrected chi connectivity index (χ1v) is 11.2. The van der Waals surface area contributed by atoms with E-state index >= 15 is 0 Å². The van der Waals surface area contributed by atoms with Gasteiger partial charge in [0.2, 0.25) is 15.9 Å². The number of amides is 1. The van der Waals surface area contributed by atoms with Gasteiger partial charge in [-0.05, 0) is 42.7 Å². The molecule has 28 heavy (non-hydrogen) atoms. The van der Waals surface area contributed by atoms with Gasteiger partial charge >= 0.3 is 0 Å². The van der Waals surface area contributed by atoms with E-state index in [0.717, 1.165) is 33.8 Å². The summed E-state index contributed by atoms with van der Waals surface area (Å²) in [7, 11) is -2.41. The number of anilines is 1. The molecule has 2 heterocycles. The fourth-order valence-electron chi connectivity index (χ4n) is 2.68. The highest BCUT2D eigenvalue weighted by Gasteiger charge is 2.23. The predicted molar refractivity (Wildman–Crippen MR) is 111 cm³/mol. The van der Waals surface area contributed by atoms with Crippen LogP contribution >= 0.6 is 11.3 Å². The van der Waals surface area contributed by atoms with Gasteiger partial charge in [0, 0.05) is 19.4 Å². The monoisotopic (exact) mass is 418 g/mol. The molecule has 3 rings (SSSR count). The highest BCUT2D eigenvalue weighted by atomic mass is 32.2. The van der Waals surface area contributed by atoms with E-state index in [1.165, 1.54) is 48.5 Å². The molecule has 0 bridgehead atoms. The number of aromatic nitrogens is 2. The number of carbonyl (C=O) groups is 1. The van der Waals surface area contributed by atoms with Crippen LogP contribution < -0.4 is 5.32 Å². The molecule has 0 aliphatic heterocycles. The molecular formula is C19H22N4O3S2. The van der Waals surface area contributed by atoms with Gasteiger partial charge in [-0.1, -0.05) is 30.7 Å². The van der Waals surface area contributed by atoms with Crippen molar-refractivity contribution in [2.24, 2.45) is 0 Å². The van der Waals surface area contributed by atoms with Crippen LogP contribution in [-0.2, 0) is 21.2 Å². The van der Waals surface area contributed by atoms with E-state index in [1.54, 1.807) is 0 Å². The Morgan fingerprint density at radius 3 is 2.82 bits per heavy atom. The molecule has 9 heteroatoms. The van der Waals surface area contributed by atoms with Crippen LogP contribution in [0.25, 0.3) is 10.2 Å². The van der Waals surface area contributed by atoms with Crippen LogP contribution in [0.15, 0.2) is 47.6 Å². The third-order valence-corrected chi connectivity index (χ3v) is 6.95. The van der Waals surface area contributed by atoms with Crippen LogP contribution in [0, 0.1) is 0 Å². The van der Waals surface area contributed by atoms with E-state index in [0.29, 0.717) is 5.13 Å². The Morgan fingerprint density at radius 1 is 1.29 bits per heavy atom. The van der Waals surface area contributed by atoms with Crippen molar-refractivity contribution in [3.8, 4) is 0 Å². The second kappa shape index (κ2) is 8.76. The summed E-state index contributed by atoms with van der Waals surface area (Å²) in [4.78, 5) is 20.6. The van der Waals surface area contributed by atoms with E-state index in [-0.39, 0.29) is 11.4 Å². The average Bonchev–Trinajstić information content (AvgIpc) is 3.08. The molecule has 0 atom stereocenters. The van der Waals surface area contributed by atoms with Gasteiger partial charge in [-0.15, -0.1) is 0 Å². The largest absolute Gasteiger partial charge is 0.301 e. The van der Waals surface area contributed by atoms with Gasteiger partial charge in [0.15, 0.2) is 5.13 Å². The number of aryl methyl sites for hydroxylation is 1.